The van der Waals surface area contributed by atoms with E-state index in [9.17, 15) is 0 Å². The van der Waals surface area contributed by atoms with Gasteiger partial charge in [0, 0.05) is 38.1 Å². The lowest BCUT2D eigenvalue weighted by Gasteiger charge is -2.22. The number of nitrogen functional groups attached to an aromatic ring is 1. The SMILES string of the molecule is CCN(CCc1nc2ccccc2[nH]1)c1cc([C@@H]2CCOC2)nc(N)n1. The van der Waals surface area contributed by atoms with Gasteiger partial charge in [-0.25, -0.2) is 9.97 Å². The molecule has 3 N–H and O–H groups in total. The fraction of sp³-hybridized carbons (Fsp3) is 0.421. The number of para-hydroxylation sites is 2. The van der Waals surface area contributed by atoms with Crippen LogP contribution in [-0.2, 0) is 11.2 Å². The second-order valence-corrected chi connectivity index (χ2v) is 6.60. The minimum Gasteiger partial charge on any atom is -0.381 e. The number of aromatic nitrogens is 4. The van der Waals surface area contributed by atoms with Gasteiger partial charge in [0.25, 0.3) is 0 Å². The van der Waals surface area contributed by atoms with Crippen molar-refractivity contribution in [2.45, 2.75) is 25.7 Å². The van der Waals surface area contributed by atoms with Gasteiger partial charge in [-0.3, -0.25) is 0 Å². The summed E-state index contributed by atoms with van der Waals surface area (Å²) < 4.78 is 5.48. The van der Waals surface area contributed by atoms with Gasteiger partial charge in [0.05, 0.1) is 23.3 Å². The molecule has 1 atom stereocenters. The molecule has 1 saturated heterocycles. The van der Waals surface area contributed by atoms with Gasteiger partial charge in [-0.2, -0.15) is 4.98 Å². The highest BCUT2D eigenvalue weighted by atomic mass is 16.5. The molecular formula is C19H24N6O. The van der Waals surface area contributed by atoms with Crippen LogP contribution in [0.3, 0.4) is 0 Å². The van der Waals surface area contributed by atoms with Crippen LogP contribution in [0.5, 0.6) is 0 Å². The molecule has 0 spiro atoms. The van der Waals surface area contributed by atoms with Gasteiger partial charge in [-0.1, -0.05) is 12.1 Å². The summed E-state index contributed by atoms with van der Waals surface area (Å²) in [5, 5.41) is 0. The zero-order chi connectivity index (χ0) is 17.9. The fourth-order valence-electron chi connectivity index (χ4n) is 3.41. The molecule has 0 radical (unpaired) electrons. The Hall–Kier alpha value is -2.67. The van der Waals surface area contributed by atoms with E-state index in [2.05, 4.69) is 37.8 Å². The summed E-state index contributed by atoms with van der Waals surface area (Å²) in [5.41, 5.74) is 9.02. The van der Waals surface area contributed by atoms with E-state index in [0.29, 0.717) is 18.5 Å². The minimum absolute atomic E-state index is 0.313. The number of nitrogens with two attached hydrogens (primary N) is 1. The third-order valence-corrected chi connectivity index (χ3v) is 4.86. The number of nitrogens with one attached hydrogen (secondary N) is 1. The number of hydrogen-bond acceptors (Lipinski definition) is 6. The van der Waals surface area contributed by atoms with Crippen molar-refractivity contribution in [2.24, 2.45) is 0 Å². The van der Waals surface area contributed by atoms with E-state index in [4.69, 9.17) is 10.5 Å². The molecule has 1 fully saturated rings. The summed E-state index contributed by atoms with van der Waals surface area (Å²) in [6.45, 7) is 5.27. The summed E-state index contributed by atoms with van der Waals surface area (Å²) in [4.78, 5) is 19.1. The van der Waals surface area contributed by atoms with Crippen molar-refractivity contribution in [1.29, 1.82) is 0 Å². The van der Waals surface area contributed by atoms with Crippen LogP contribution in [0, 0.1) is 0 Å². The van der Waals surface area contributed by atoms with Crippen molar-refractivity contribution in [2.75, 3.05) is 36.9 Å². The summed E-state index contributed by atoms with van der Waals surface area (Å²) in [5.74, 6) is 2.49. The minimum atomic E-state index is 0.313. The average Bonchev–Trinajstić information content (AvgIpc) is 3.31. The Bertz CT molecular complexity index is 854. The van der Waals surface area contributed by atoms with Crippen molar-refractivity contribution < 1.29 is 4.74 Å². The maximum absolute atomic E-state index is 5.97. The maximum atomic E-state index is 5.97. The number of nitrogens with zero attached hydrogens (tertiary/aromatic N) is 4. The van der Waals surface area contributed by atoms with Crippen LogP contribution in [0.1, 0.15) is 30.8 Å². The number of rotatable bonds is 6. The topological polar surface area (TPSA) is 93.0 Å². The number of aromatic amines is 1. The first-order valence-electron chi connectivity index (χ1n) is 9.13. The standard InChI is InChI=1S/C19H24N6O/c1-2-25(9-7-17-21-14-5-3-4-6-15(14)22-17)18-11-16(23-19(20)24-18)13-8-10-26-12-13/h3-6,11,13H,2,7-10,12H2,1H3,(H,21,22)(H2,20,23,24)/t13-/m1/s1. The normalized spacial score (nSPS) is 17.0. The summed E-state index contributed by atoms with van der Waals surface area (Å²) in [6, 6.07) is 10.1. The molecule has 3 aromatic rings. The first kappa shape index (κ1) is 16.8. The molecule has 7 heteroatoms. The molecule has 0 aliphatic carbocycles. The van der Waals surface area contributed by atoms with Crippen LogP contribution in [0.4, 0.5) is 11.8 Å². The Morgan fingerprint density at radius 3 is 2.92 bits per heavy atom. The van der Waals surface area contributed by atoms with Crippen LogP contribution in [-0.4, -0.2) is 46.2 Å². The van der Waals surface area contributed by atoms with E-state index in [-0.39, 0.29) is 0 Å². The van der Waals surface area contributed by atoms with Crippen LogP contribution in [0.15, 0.2) is 30.3 Å². The highest BCUT2D eigenvalue weighted by molar-refractivity contribution is 5.74. The molecule has 0 unspecified atom stereocenters. The van der Waals surface area contributed by atoms with Gasteiger partial charge >= 0.3 is 0 Å². The zero-order valence-electron chi connectivity index (χ0n) is 15.0. The van der Waals surface area contributed by atoms with Crippen molar-refractivity contribution in [3.05, 3.63) is 41.9 Å². The van der Waals surface area contributed by atoms with E-state index in [1.165, 1.54) is 0 Å². The first-order valence-corrected chi connectivity index (χ1v) is 9.13. The number of imidazole rings is 1. The fourth-order valence-corrected chi connectivity index (χ4v) is 3.41. The lowest BCUT2D eigenvalue weighted by Crippen LogP contribution is -2.27. The molecule has 26 heavy (non-hydrogen) atoms. The third kappa shape index (κ3) is 3.48. The quantitative estimate of drug-likeness (QED) is 0.708. The summed E-state index contributed by atoms with van der Waals surface area (Å²) >= 11 is 0. The Balaban J connectivity index is 1.51. The monoisotopic (exact) mass is 352 g/mol. The highest BCUT2D eigenvalue weighted by Crippen LogP contribution is 2.26. The highest BCUT2D eigenvalue weighted by Gasteiger charge is 2.21. The first-order chi connectivity index (χ1) is 12.7. The molecule has 0 saturated carbocycles. The number of benzene rings is 1. The van der Waals surface area contributed by atoms with Crippen LogP contribution in [0.25, 0.3) is 11.0 Å². The van der Waals surface area contributed by atoms with Crippen molar-refractivity contribution in [3.63, 3.8) is 0 Å². The Morgan fingerprint density at radius 1 is 1.27 bits per heavy atom. The zero-order valence-corrected chi connectivity index (χ0v) is 15.0. The molecule has 2 aromatic heterocycles. The van der Waals surface area contributed by atoms with Gasteiger partial charge in [-0.05, 0) is 25.5 Å². The molecule has 1 aromatic carbocycles. The predicted octanol–water partition coefficient (Wildman–Crippen LogP) is 2.51. The van der Waals surface area contributed by atoms with Gasteiger partial charge in [-0.15, -0.1) is 0 Å². The Labute approximate surface area is 152 Å². The molecule has 3 heterocycles. The molecule has 7 nitrogen and oxygen atoms in total. The molecule has 0 bridgehead atoms. The number of ether oxygens (including phenoxy) is 1. The Morgan fingerprint density at radius 2 is 2.15 bits per heavy atom. The number of fused-ring (bicyclic) bond motifs is 1. The van der Waals surface area contributed by atoms with E-state index in [0.717, 1.165) is 60.9 Å². The largest absolute Gasteiger partial charge is 0.381 e. The molecular weight excluding hydrogens is 328 g/mol. The van der Waals surface area contributed by atoms with Gasteiger partial charge < -0.3 is 20.4 Å². The van der Waals surface area contributed by atoms with Crippen molar-refractivity contribution in [1.82, 2.24) is 19.9 Å². The lowest BCUT2D eigenvalue weighted by atomic mass is 10.0. The van der Waals surface area contributed by atoms with Crippen molar-refractivity contribution >= 4 is 22.8 Å². The number of H-pyrrole nitrogens is 1. The molecule has 1 aliphatic rings. The summed E-state index contributed by atoms with van der Waals surface area (Å²) in [7, 11) is 0. The maximum Gasteiger partial charge on any atom is 0.222 e. The predicted molar refractivity (Wildman–Crippen MR) is 102 cm³/mol. The van der Waals surface area contributed by atoms with Gasteiger partial charge in [0.15, 0.2) is 0 Å². The lowest BCUT2D eigenvalue weighted by molar-refractivity contribution is 0.193. The van der Waals surface area contributed by atoms with E-state index in [1.54, 1.807) is 0 Å². The molecule has 0 amide bonds. The van der Waals surface area contributed by atoms with E-state index >= 15 is 0 Å². The summed E-state index contributed by atoms with van der Waals surface area (Å²) in [6.07, 6.45) is 1.80. The molecule has 4 rings (SSSR count). The van der Waals surface area contributed by atoms with E-state index in [1.807, 2.05) is 24.3 Å². The second kappa shape index (κ2) is 7.29. The van der Waals surface area contributed by atoms with E-state index < -0.39 is 0 Å². The number of likely N-dealkylation sites (N-methyl/N-ethyl adjacent to an activating group) is 1. The average molecular weight is 352 g/mol. The number of anilines is 2. The molecule has 1 aliphatic heterocycles. The third-order valence-electron chi connectivity index (χ3n) is 4.86. The number of hydrogen-bond donors (Lipinski definition) is 2. The van der Waals surface area contributed by atoms with Crippen molar-refractivity contribution in [3.8, 4) is 0 Å². The van der Waals surface area contributed by atoms with Gasteiger partial charge in [0.1, 0.15) is 11.6 Å². The van der Waals surface area contributed by atoms with Crippen LogP contribution < -0.4 is 10.6 Å². The smallest absolute Gasteiger partial charge is 0.222 e. The second-order valence-electron chi connectivity index (χ2n) is 6.60. The van der Waals surface area contributed by atoms with Crippen LogP contribution >= 0.6 is 0 Å². The van der Waals surface area contributed by atoms with Crippen LogP contribution in [0.2, 0.25) is 0 Å². The molecule has 136 valence electrons. The van der Waals surface area contributed by atoms with Gasteiger partial charge in [0.2, 0.25) is 5.95 Å². The Kier molecular flexibility index (Phi) is 4.71.